The molecular formula is C46H82O3Si2. The van der Waals surface area contributed by atoms with Gasteiger partial charge in [-0.3, -0.25) is 0 Å². The van der Waals surface area contributed by atoms with E-state index in [4.69, 9.17) is 15.4 Å². The molecule has 0 amide bonds. The molecule has 0 spiro atoms. The molecule has 51 heavy (non-hydrogen) atoms. The third-order valence-corrected chi connectivity index (χ3v) is 24.3. The lowest BCUT2D eigenvalue weighted by atomic mass is 9.61. The third-order valence-electron chi connectivity index (χ3n) is 15.3. The van der Waals surface area contributed by atoms with Gasteiger partial charge in [0.1, 0.15) is 0 Å². The lowest BCUT2D eigenvalue weighted by Crippen LogP contribution is -2.49. The highest BCUT2D eigenvalue weighted by atomic mass is 28.4. The van der Waals surface area contributed by atoms with Crippen molar-refractivity contribution in [3.8, 4) is 0 Å². The van der Waals surface area contributed by atoms with Gasteiger partial charge in [0.05, 0.1) is 18.3 Å². The average Bonchev–Trinajstić information content (AvgIpc) is 3.72. The zero-order valence-corrected chi connectivity index (χ0v) is 37.9. The lowest BCUT2D eigenvalue weighted by molar-refractivity contribution is 0.0969. The molecule has 3 nitrogen and oxygen atoms in total. The Morgan fingerprint density at radius 1 is 0.882 bits per heavy atom. The largest absolute Gasteiger partial charge is 0.413 e. The van der Waals surface area contributed by atoms with Gasteiger partial charge >= 0.3 is 0 Å². The van der Waals surface area contributed by atoms with Gasteiger partial charge in [0, 0.05) is 6.42 Å². The maximum atomic E-state index is 11.3. The number of aliphatic hydroxyl groups is 1. The van der Waals surface area contributed by atoms with E-state index < -0.39 is 16.6 Å². The van der Waals surface area contributed by atoms with Gasteiger partial charge in [-0.25, -0.2) is 0 Å². The van der Waals surface area contributed by atoms with Crippen LogP contribution in [0.4, 0.5) is 0 Å². The van der Waals surface area contributed by atoms with Gasteiger partial charge in [0.15, 0.2) is 16.6 Å². The van der Waals surface area contributed by atoms with Crippen molar-refractivity contribution in [3.05, 3.63) is 47.6 Å². The van der Waals surface area contributed by atoms with E-state index >= 15 is 0 Å². The Hall–Kier alpha value is -0.726. The van der Waals surface area contributed by atoms with Crippen LogP contribution in [0, 0.1) is 28.6 Å². The Labute approximate surface area is 318 Å². The quantitative estimate of drug-likeness (QED) is 0.103. The predicted octanol–water partition coefficient (Wildman–Crippen LogP) is 13.9. The van der Waals surface area contributed by atoms with Crippen LogP contribution in [0.1, 0.15) is 159 Å². The van der Waals surface area contributed by atoms with Gasteiger partial charge < -0.3 is 14.0 Å². The fraction of sp³-hybridized carbons (Fsp3) is 0.826. The number of aliphatic hydroxyl groups excluding tert-OH is 1. The summed E-state index contributed by atoms with van der Waals surface area (Å²) in [6.07, 6.45) is 27.9. The summed E-state index contributed by atoms with van der Waals surface area (Å²) in [7, 11) is -3.93. The average molecular weight is 739 g/mol. The van der Waals surface area contributed by atoms with E-state index in [1.165, 1.54) is 94.6 Å². The summed E-state index contributed by atoms with van der Waals surface area (Å²) in [6.45, 7) is 35.6. The van der Waals surface area contributed by atoms with Gasteiger partial charge in [-0.15, -0.1) is 0 Å². The van der Waals surface area contributed by atoms with Crippen molar-refractivity contribution in [2.75, 3.05) is 0 Å². The summed E-state index contributed by atoms with van der Waals surface area (Å²) in [5.41, 5.74) is 4.66. The van der Waals surface area contributed by atoms with Crippen LogP contribution in [-0.4, -0.2) is 40.1 Å². The Morgan fingerprint density at radius 2 is 1.51 bits per heavy atom. The van der Waals surface area contributed by atoms with E-state index in [-0.39, 0.29) is 33.8 Å². The Morgan fingerprint density at radius 3 is 2.12 bits per heavy atom. The highest BCUT2D eigenvalue weighted by Gasteiger charge is 2.51. The summed E-state index contributed by atoms with van der Waals surface area (Å²) in [6, 6.07) is 0. The molecule has 4 aliphatic carbocycles. The SMILES string of the molecule is C=C1C(=CC=C2CCC[C@]3(C)[C@@H]([C@H](C)C=C[C@@H](O)C4(CCCCCCC)CC4)CC[C@@H]23)C[C@@H](O[Si](C)(C)C(C)(C)C)C[C@@H]1O[Si](C)(C)C(C)(C)C. The van der Waals surface area contributed by atoms with E-state index in [9.17, 15) is 5.11 Å². The molecule has 0 aromatic carbocycles. The molecule has 4 saturated carbocycles. The van der Waals surface area contributed by atoms with E-state index in [0.29, 0.717) is 23.2 Å². The van der Waals surface area contributed by atoms with Crippen molar-refractivity contribution in [1.29, 1.82) is 0 Å². The third kappa shape index (κ3) is 10.1. The Bertz CT molecular complexity index is 1270. The lowest BCUT2D eigenvalue weighted by Gasteiger charge is -2.45. The minimum atomic E-state index is -1.99. The van der Waals surface area contributed by atoms with Crippen molar-refractivity contribution >= 4 is 16.6 Å². The van der Waals surface area contributed by atoms with Crippen molar-refractivity contribution < 1.29 is 14.0 Å². The van der Waals surface area contributed by atoms with Gasteiger partial charge in [0.2, 0.25) is 0 Å². The summed E-state index contributed by atoms with van der Waals surface area (Å²) in [5.74, 6) is 1.80. The van der Waals surface area contributed by atoms with Crippen LogP contribution in [0.2, 0.25) is 36.3 Å². The molecule has 1 N–H and O–H groups in total. The molecule has 292 valence electrons. The van der Waals surface area contributed by atoms with Gasteiger partial charge in [-0.1, -0.05) is 131 Å². The second-order valence-corrected chi connectivity index (χ2v) is 30.6. The van der Waals surface area contributed by atoms with Crippen LogP contribution in [0.5, 0.6) is 0 Å². The zero-order chi connectivity index (χ0) is 38.0. The highest BCUT2D eigenvalue weighted by Crippen LogP contribution is 2.60. The summed E-state index contributed by atoms with van der Waals surface area (Å²) < 4.78 is 14.2. The van der Waals surface area contributed by atoms with Crippen molar-refractivity contribution in [3.63, 3.8) is 0 Å². The van der Waals surface area contributed by atoms with Crippen LogP contribution in [0.3, 0.4) is 0 Å². The summed E-state index contributed by atoms with van der Waals surface area (Å²) in [5, 5.41) is 11.6. The predicted molar refractivity (Wildman–Crippen MR) is 226 cm³/mol. The van der Waals surface area contributed by atoms with E-state index in [1.54, 1.807) is 5.57 Å². The van der Waals surface area contributed by atoms with Crippen molar-refractivity contribution in [1.82, 2.24) is 0 Å². The molecule has 4 rings (SSSR count). The molecule has 4 aliphatic rings. The molecule has 0 aromatic heterocycles. The molecular weight excluding hydrogens is 657 g/mol. The van der Waals surface area contributed by atoms with Gasteiger partial charge in [0.25, 0.3) is 0 Å². The number of allylic oxidation sites excluding steroid dienone is 4. The van der Waals surface area contributed by atoms with E-state index in [1.807, 2.05) is 0 Å². The van der Waals surface area contributed by atoms with Crippen LogP contribution >= 0.6 is 0 Å². The molecule has 0 heterocycles. The zero-order valence-electron chi connectivity index (χ0n) is 35.9. The molecule has 0 bridgehead atoms. The molecule has 0 unspecified atom stereocenters. The first kappa shape index (κ1) is 43.0. The summed E-state index contributed by atoms with van der Waals surface area (Å²) in [4.78, 5) is 0. The number of rotatable bonds is 15. The highest BCUT2D eigenvalue weighted by molar-refractivity contribution is 6.74. The van der Waals surface area contributed by atoms with Gasteiger partial charge in [-0.05, 0) is 134 Å². The first-order chi connectivity index (χ1) is 23.6. The summed E-state index contributed by atoms with van der Waals surface area (Å²) >= 11 is 0. The Balaban J connectivity index is 1.50. The van der Waals surface area contributed by atoms with Crippen LogP contribution in [-0.2, 0) is 8.85 Å². The van der Waals surface area contributed by atoms with Crippen LogP contribution < -0.4 is 0 Å². The van der Waals surface area contributed by atoms with E-state index in [2.05, 4.69) is 113 Å². The number of hydrogen-bond donors (Lipinski definition) is 1. The molecule has 0 radical (unpaired) electrons. The Kier molecular flexibility index (Phi) is 14.0. The van der Waals surface area contributed by atoms with Gasteiger partial charge in [-0.2, -0.15) is 0 Å². The molecule has 0 aromatic rings. The molecule has 5 heteroatoms. The van der Waals surface area contributed by atoms with Crippen molar-refractivity contribution in [2.45, 2.75) is 213 Å². The smallest absolute Gasteiger partial charge is 0.192 e. The van der Waals surface area contributed by atoms with Crippen LogP contribution in [0.15, 0.2) is 47.6 Å². The second kappa shape index (κ2) is 16.6. The van der Waals surface area contributed by atoms with Crippen LogP contribution in [0.25, 0.3) is 0 Å². The fourth-order valence-corrected chi connectivity index (χ4v) is 12.1. The minimum Gasteiger partial charge on any atom is -0.413 e. The molecule has 4 fully saturated rings. The monoisotopic (exact) mass is 739 g/mol. The number of fused-ring (bicyclic) bond motifs is 1. The maximum Gasteiger partial charge on any atom is 0.192 e. The first-order valence-electron chi connectivity index (χ1n) is 21.4. The fourth-order valence-electron chi connectivity index (χ4n) is 9.46. The number of hydrogen-bond acceptors (Lipinski definition) is 3. The molecule has 7 atom stereocenters. The molecule has 0 saturated heterocycles. The second-order valence-electron chi connectivity index (χ2n) is 21.1. The van der Waals surface area contributed by atoms with Crippen molar-refractivity contribution in [2.24, 2.45) is 28.6 Å². The maximum absolute atomic E-state index is 11.3. The minimum absolute atomic E-state index is 0.0189. The first-order valence-corrected chi connectivity index (χ1v) is 27.2. The number of unbranched alkanes of at least 4 members (excludes halogenated alkanes) is 4. The normalized spacial score (nSPS) is 31.8. The topological polar surface area (TPSA) is 38.7 Å². The van der Waals surface area contributed by atoms with E-state index in [0.717, 1.165) is 12.8 Å². The standard InChI is InChI=1S/C46H82O3Si2/c1-15-16-17-18-19-29-46(30-31-46)42(47)27-22-34(2)39-25-26-40-36(21-20-28-45(39,40)10)23-24-37-32-38(48-50(11,12)43(4,5)6)33-41(35(37)3)49-51(13,14)44(7,8)9/h22-24,27,34,38-42,47H,3,15-21,25-26,28-33H2,1-2,4-14H3/t34-,38-,39-,40+,41+,42-,45-/m1/s1. The molecule has 0 aliphatic heterocycles.